The van der Waals surface area contributed by atoms with Gasteiger partial charge in [0.2, 0.25) is 0 Å². The lowest BCUT2D eigenvalue weighted by Crippen LogP contribution is -2.09. The van der Waals surface area contributed by atoms with Crippen LogP contribution in [0.15, 0.2) is 4.99 Å². The van der Waals surface area contributed by atoms with E-state index in [9.17, 15) is 0 Å². The zero-order valence-corrected chi connectivity index (χ0v) is 12.0. The fourth-order valence-corrected chi connectivity index (χ4v) is 2.24. The first kappa shape index (κ1) is 15.7. The second kappa shape index (κ2) is 9.86. The van der Waals surface area contributed by atoms with Gasteiger partial charge in [0, 0.05) is 13.3 Å². The lowest BCUT2D eigenvalue weighted by atomic mass is 9.88. The molecule has 0 aliphatic heterocycles. The molecule has 96 valence electrons. The second-order valence-corrected chi connectivity index (χ2v) is 5.39. The van der Waals surface area contributed by atoms with E-state index in [4.69, 9.17) is 0 Å². The summed E-state index contributed by atoms with van der Waals surface area (Å²) in [5.74, 6) is 2.46. The Kier molecular flexibility index (Phi) is 9.66. The Hall–Kier alpha value is -0.330. The van der Waals surface area contributed by atoms with Crippen molar-refractivity contribution in [1.29, 1.82) is 0 Å². The van der Waals surface area contributed by atoms with Gasteiger partial charge in [-0.2, -0.15) is 0 Å². The van der Waals surface area contributed by atoms with E-state index in [0.717, 1.165) is 11.8 Å². The first-order valence-corrected chi connectivity index (χ1v) is 7.06. The van der Waals surface area contributed by atoms with Gasteiger partial charge in [0.1, 0.15) is 0 Å². The summed E-state index contributed by atoms with van der Waals surface area (Å²) in [7, 11) is 1.90. The summed E-state index contributed by atoms with van der Waals surface area (Å²) < 4.78 is 0. The van der Waals surface area contributed by atoms with Gasteiger partial charge in [0.25, 0.3) is 0 Å². The minimum absolute atomic E-state index is 0.710. The first-order valence-electron chi connectivity index (χ1n) is 7.06. The Balaban J connectivity index is 3.84. The molecule has 0 aromatic heterocycles. The van der Waals surface area contributed by atoms with E-state index in [0.29, 0.717) is 5.92 Å². The fraction of sp³-hybridized carbons (Fsp3) is 0.933. The van der Waals surface area contributed by atoms with Gasteiger partial charge in [0.05, 0.1) is 0 Å². The molecule has 0 N–H and O–H groups in total. The molecule has 0 aliphatic carbocycles. The van der Waals surface area contributed by atoms with E-state index in [1.54, 1.807) is 0 Å². The van der Waals surface area contributed by atoms with E-state index in [1.165, 1.54) is 38.5 Å². The standard InChI is InChI=1S/C15H31N/c1-6-8-15(12-16-5)11-14(4)10-9-13(3)7-2/h12-15H,6-11H2,1-5H3. The number of aliphatic imine (C=N–C) groups is 1. The van der Waals surface area contributed by atoms with Crippen LogP contribution in [0.3, 0.4) is 0 Å². The molecule has 0 saturated carbocycles. The SMILES string of the molecule is CCCC(C=NC)CC(C)CCC(C)CC. The molecule has 0 saturated heterocycles. The maximum atomic E-state index is 4.19. The maximum absolute atomic E-state index is 4.19. The van der Waals surface area contributed by atoms with Crippen molar-refractivity contribution in [2.75, 3.05) is 7.05 Å². The molecule has 0 heterocycles. The van der Waals surface area contributed by atoms with Crippen molar-refractivity contribution >= 4 is 6.21 Å². The van der Waals surface area contributed by atoms with E-state index in [2.05, 4.69) is 38.9 Å². The van der Waals surface area contributed by atoms with Crippen molar-refractivity contribution in [3.8, 4) is 0 Å². The van der Waals surface area contributed by atoms with Crippen LogP contribution < -0.4 is 0 Å². The Morgan fingerprint density at radius 3 is 2.12 bits per heavy atom. The Bertz CT molecular complexity index is 174. The van der Waals surface area contributed by atoms with Gasteiger partial charge in [0.15, 0.2) is 0 Å². The van der Waals surface area contributed by atoms with Crippen LogP contribution in [0.2, 0.25) is 0 Å². The highest BCUT2D eigenvalue weighted by atomic mass is 14.6. The third-order valence-corrected chi connectivity index (χ3v) is 3.57. The minimum Gasteiger partial charge on any atom is -0.301 e. The lowest BCUT2D eigenvalue weighted by molar-refractivity contribution is 0.374. The van der Waals surface area contributed by atoms with Crippen molar-refractivity contribution in [2.24, 2.45) is 22.7 Å². The highest BCUT2D eigenvalue weighted by Gasteiger charge is 2.11. The molecular formula is C15H31N. The number of nitrogens with zero attached hydrogens (tertiary/aromatic N) is 1. The Morgan fingerprint density at radius 1 is 1.00 bits per heavy atom. The monoisotopic (exact) mass is 225 g/mol. The van der Waals surface area contributed by atoms with E-state index in [-0.39, 0.29) is 0 Å². The molecule has 3 atom stereocenters. The predicted molar refractivity (Wildman–Crippen MR) is 75.3 cm³/mol. The van der Waals surface area contributed by atoms with Gasteiger partial charge in [-0.05, 0) is 30.6 Å². The van der Waals surface area contributed by atoms with Gasteiger partial charge < -0.3 is 4.99 Å². The number of hydrogen-bond acceptors (Lipinski definition) is 1. The molecular weight excluding hydrogens is 194 g/mol. The van der Waals surface area contributed by atoms with Crippen molar-refractivity contribution in [3.05, 3.63) is 0 Å². The van der Waals surface area contributed by atoms with Crippen LogP contribution in [0.5, 0.6) is 0 Å². The molecule has 1 heteroatoms. The molecule has 0 spiro atoms. The maximum Gasteiger partial charge on any atom is 0.0273 e. The first-order chi connectivity index (χ1) is 7.63. The molecule has 0 aromatic rings. The number of rotatable bonds is 9. The van der Waals surface area contributed by atoms with Crippen LogP contribution in [0.25, 0.3) is 0 Å². The van der Waals surface area contributed by atoms with Gasteiger partial charge in [-0.3, -0.25) is 0 Å². The molecule has 1 nitrogen and oxygen atoms in total. The van der Waals surface area contributed by atoms with E-state index in [1.807, 2.05) is 7.05 Å². The minimum atomic E-state index is 0.710. The van der Waals surface area contributed by atoms with Gasteiger partial charge >= 0.3 is 0 Å². The smallest absolute Gasteiger partial charge is 0.0273 e. The van der Waals surface area contributed by atoms with Crippen molar-refractivity contribution in [1.82, 2.24) is 0 Å². The highest BCUT2D eigenvalue weighted by molar-refractivity contribution is 5.60. The average molecular weight is 225 g/mol. The summed E-state index contributed by atoms with van der Waals surface area (Å²) in [6.45, 7) is 9.32. The molecule has 3 unspecified atom stereocenters. The largest absolute Gasteiger partial charge is 0.301 e. The molecule has 0 aromatic carbocycles. The molecule has 0 bridgehead atoms. The summed E-state index contributed by atoms with van der Waals surface area (Å²) >= 11 is 0. The predicted octanol–water partition coefficient (Wildman–Crippen LogP) is 4.96. The quantitative estimate of drug-likeness (QED) is 0.492. The second-order valence-electron chi connectivity index (χ2n) is 5.39. The van der Waals surface area contributed by atoms with Crippen molar-refractivity contribution < 1.29 is 0 Å². The molecule has 0 amide bonds. The van der Waals surface area contributed by atoms with Gasteiger partial charge in [-0.1, -0.05) is 53.4 Å². The lowest BCUT2D eigenvalue weighted by Gasteiger charge is -2.18. The van der Waals surface area contributed by atoms with Crippen LogP contribution in [-0.4, -0.2) is 13.3 Å². The Labute approximate surface area is 103 Å². The number of hydrogen-bond donors (Lipinski definition) is 0. The Morgan fingerprint density at radius 2 is 1.62 bits per heavy atom. The van der Waals surface area contributed by atoms with Crippen LogP contribution in [-0.2, 0) is 0 Å². The van der Waals surface area contributed by atoms with E-state index < -0.39 is 0 Å². The summed E-state index contributed by atoms with van der Waals surface area (Å²) in [5.41, 5.74) is 0. The zero-order chi connectivity index (χ0) is 12.4. The summed E-state index contributed by atoms with van der Waals surface area (Å²) in [6, 6.07) is 0. The zero-order valence-electron chi connectivity index (χ0n) is 12.0. The van der Waals surface area contributed by atoms with Gasteiger partial charge in [-0.15, -0.1) is 0 Å². The van der Waals surface area contributed by atoms with Crippen LogP contribution >= 0.6 is 0 Å². The van der Waals surface area contributed by atoms with Crippen LogP contribution in [0.1, 0.15) is 66.2 Å². The van der Waals surface area contributed by atoms with E-state index >= 15 is 0 Å². The molecule has 0 rings (SSSR count). The van der Waals surface area contributed by atoms with Gasteiger partial charge in [-0.25, -0.2) is 0 Å². The fourth-order valence-electron chi connectivity index (χ4n) is 2.24. The molecule has 0 aliphatic rings. The van der Waals surface area contributed by atoms with Crippen LogP contribution in [0.4, 0.5) is 0 Å². The highest BCUT2D eigenvalue weighted by Crippen LogP contribution is 2.22. The molecule has 0 fully saturated rings. The summed E-state index contributed by atoms with van der Waals surface area (Å²) in [6.07, 6.45) is 10.1. The summed E-state index contributed by atoms with van der Waals surface area (Å²) in [4.78, 5) is 4.19. The topological polar surface area (TPSA) is 12.4 Å². The molecule has 0 radical (unpaired) electrons. The third-order valence-electron chi connectivity index (χ3n) is 3.57. The normalized spacial score (nSPS) is 17.6. The van der Waals surface area contributed by atoms with Crippen molar-refractivity contribution in [3.63, 3.8) is 0 Å². The molecule has 16 heavy (non-hydrogen) atoms. The average Bonchev–Trinajstić information content (AvgIpc) is 2.26. The van der Waals surface area contributed by atoms with Crippen molar-refractivity contribution in [2.45, 2.75) is 66.2 Å². The van der Waals surface area contributed by atoms with Crippen LogP contribution in [0, 0.1) is 17.8 Å². The third kappa shape index (κ3) is 7.90. The summed E-state index contributed by atoms with van der Waals surface area (Å²) in [5, 5.41) is 0.